The Morgan fingerprint density at radius 3 is 2.29 bits per heavy atom. The van der Waals surface area contributed by atoms with Gasteiger partial charge in [0.2, 0.25) is 5.91 Å². The number of rotatable bonds is 8. The topological polar surface area (TPSA) is 60.2 Å². The Balaban J connectivity index is 1.18. The number of aryl methyl sites for hydroxylation is 2. The van der Waals surface area contributed by atoms with Gasteiger partial charge < -0.3 is 14.2 Å². The first kappa shape index (κ1) is 24.7. The lowest BCUT2D eigenvalue weighted by molar-refractivity contribution is -0.135. The molecule has 2 fully saturated rings. The molecule has 2 aromatic rings. The van der Waals surface area contributed by atoms with Crippen LogP contribution in [0.5, 0.6) is 5.75 Å². The van der Waals surface area contributed by atoms with E-state index in [0.717, 1.165) is 23.2 Å². The summed E-state index contributed by atoms with van der Waals surface area (Å²) in [5.41, 5.74) is 2.88. The van der Waals surface area contributed by atoms with Crippen molar-refractivity contribution >= 4 is 17.7 Å². The number of benzene rings is 1. The molecule has 0 N–H and O–H groups in total. The van der Waals surface area contributed by atoms with Gasteiger partial charge in [-0.3, -0.25) is 4.79 Å². The summed E-state index contributed by atoms with van der Waals surface area (Å²) in [4.78, 5) is 15.8. The maximum Gasteiger partial charge on any atom is 0.233 e. The molecule has 5 rings (SSSR count). The summed E-state index contributed by atoms with van der Waals surface area (Å²) < 4.78 is 8.04. The molecule has 1 aromatic carbocycles. The van der Waals surface area contributed by atoms with Crippen LogP contribution in [0.15, 0.2) is 23.4 Å². The van der Waals surface area contributed by atoms with Crippen molar-refractivity contribution in [2.45, 2.75) is 114 Å². The molecule has 35 heavy (non-hydrogen) atoms. The summed E-state index contributed by atoms with van der Waals surface area (Å²) in [7, 11) is 1.97. The summed E-state index contributed by atoms with van der Waals surface area (Å²) in [5, 5.41) is 9.53. The fourth-order valence-electron chi connectivity index (χ4n) is 6.17. The first-order valence-corrected chi connectivity index (χ1v) is 14.7. The molecule has 1 amide bonds. The molecule has 0 spiro atoms. The van der Waals surface area contributed by atoms with E-state index in [1.165, 1.54) is 106 Å². The molecule has 190 valence electrons. The quantitative estimate of drug-likeness (QED) is 0.429. The molecule has 0 bridgehead atoms. The first-order valence-electron chi connectivity index (χ1n) is 13.8. The van der Waals surface area contributed by atoms with E-state index in [1.54, 1.807) is 0 Å². The number of ether oxygens (including phenoxy) is 1. The maximum absolute atomic E-state index is 13.5. The second-order valence-electron chi connectivity index (χ2n) is 10.6. The lowest BCUT2D eigenvalue weighted by atomic mass is 9.88. The van der Waals surface area contributed by atoms with Crippen LogP contribution in [0.4, 0.5) is 0 Å². The zero-order valence-corrected chi connectivity index (χ0v) is 22.0. The van der Waals surface area contributed by atoms with E-state index in [1.807, 2.05) is 11.6 Å². The Labute approximate surface area is 214 Å². The molecule has 0 atom stereocenters. The Hall–Kier alpha value is -2.02. The SMILES string of the molecule is Cn1c(COc2ccc3c(c2)CCCC3)nnc1SCC(=O)N(C1CCCCC1)C1CCCCC1. The van der Waals surface area contributed by atoms with Gasteiger partial charge in [0.1, 0.15) is 12.4 Å². The number of carbonyl (C=O) groups is 1. The van der Waals surface area contributed by atoms with E-state index in [0.29, 0.717) is 24.4 Å². The van der Waals surface area contributed by atoms with Crippen LogP contribution in [0, 0.1) is 0 Å². The smallest absolute Gasteiger partial charge is 0.233 e. The summed E-state index contributed by atoms with van der Waals surface area (Å²) in [5.74, 6) is 2.40. The third kappa shape index (κ3) is 6.04. The first-order chi connectivity index (χ1) is 17.2. The highest BCUT2D eigenvalue weighted by atomic mass is 32.2. The molecular weight excluding hydrogens is 456 g/mol. The van der Waals surface area contributed by atoms with Crippen LogP contribution in [0.25, 0.3) is 0 Å². The number of nitrogens with zero attached hydrogens (tertiary/aromatic N) is 4. The Bertz CT molecular complexity index is 977. The van der Waals surface area contributed by atoms with Crippen molar-refractivity contribution < 1.29 is 9.53 Å². The third-order valence-electron chi connectivity index (χ3n) is 8.16. The fourth-order valence-corrected chi connectivity index (χ4v) is 6.97. The van der Waals surface area contributed by atoms with Gasteiger partial charge >= 0.3 is 0 Å². The number of carbonyl (C=O) groups excluding carboxylic acids is 1. The van der Waals surface area contributed by atoms with Crippen LogP contribution in [-0.4, -0.2) is 43.4 Å². The molecule has 0 saturated heterocycles. The Morgan fingerprint density at radius 2 is 1.60 bits per heavy atom. The Kier molecular flexibility index (Phi) is 8.32. The maximum atomic E-state index is 13.5. The van der Waals surface area contributed by atoms with Crippen molar-refractivity contribution in [3.8, 4) is 5.75 Å². The third-order valence-corrected chi connectivity index (χ3v) is 9.17. The minimum atomic E-state index is 0.281. The molecule has 6 nitrogen and oxygen atoms in total. The molecule has 0 unspecified atom stereocenters. The van der Waals surface area contributed by atoms with Crippen molar-refractivity contribution in [2.24, 2.45) is 7.05 Å². The normalized spacial score (nSPS) is 19.3. The van der Waals surface area contributed by atoms with Crippen molar-refractivity contribution in [3.63, 3.8) is 0 Å². The fraction of sp³-hybridized carbons (Fsp3) is 0.679. The second-order valence-corrected chi connectivity index (χ2v) is 11.5. The molecule has 1 aromatic heterocycles. The molecule has 7 heteroatoms. The van der Waals surface area contributed by atoms with E-state index in [9.17, 15) is 4.79 Å². The predicted octanol–water partition coefficient (Wildman–Crippen LogP) is 5.86. The van der Waals surface area contributed by atoms with E-state index in [2.05, 4.69) is 33.3 Å². The van der Waals surface area contributed by atoms with Gasteiger partial charge in [-0.15, -0.1) is 10.2 Å². The highest BCUT2D eigenvalue weighted by molar-refractivity contribution is 7.99. The number of thioether (sulfide) groups is 1. The standard InChI is InChI=1S/C28H40N4O2S/c1-31-26(19-34-25-17-16-21-10-8-9-11-22(21)18-25)29-30-28(31)35-20-27(33)32(23-12-4-2-5-13-23)24-14-6-3-7-15-24/h16-18,23-24H,2-15,19-20H2,1H3. The molecule has 0 aliphatic heterocycles. The molecule has 2 saturated carbocycles. The summed E-state index contributed by atoms with van der Waals surface area (Å²) >= 11 is 1.52. The van der Waals surface area contributed by atoms with Crippen LogP contribution in [0.3, 0.4) is 0 Å². The zero-order chi connectivity index (χ0) is 24.0. The van der Waals surface area contributed by atoms with Gasteiger partial charge in [0.15, 0.2) is 11.0 Å². The number of fused-ring (bicyclic) bond motifs is 1. The monoisotopic (exact) mass is 496 g/mol. The van der Waals surface area contributed by atoms with Crippen molar-refractivity contribution in [1.29, 1.82) is 0 Å². The summed E-state index contributed by atoms with van der Waals surface area (Å²) in [6.45, 7) is 0.382. The van der Waals surface area contributed by atoms with Crippen LogP contribution in [-0.2, 0) is 31.3 Å². The van der Waals surface area contributed by atoms with Gasteiger partial charge in [-0.25, -0.2) is 0 Å². The van der Waals surface area contributed by atoms with E-state index >= 15 is 0 Å². The average Bonchev–Trinajstić information content (AvgIpc) is 3.26. The van der Waals surface area contributed by atoms with Crippen LogP contribution in [0.1, 0.15) is 94.0 Å². The molecule has 0 radical (unpaired) electrons. The average molecular weight is 497 g/mol. The number of hydrogen-bond donors (Lipinski definition) is 0. The highest BCUT2D eigenvalue weighted by Gasteiger charge is 2.32. The van der Waals surface area contributed by atoms with E-state index in [-0.39, 0.29) is 5.91 Å². The van der Waals surface area contributed by atoms with Crippen molar-refractivity contribution in [1.82, 2.24) is 19.7 Å². The molecule has 1 heterocycles. The second kappa shape index (κ2) is 11.8. The number of amides is 1. The Morgan fingerprint density at radius 1 is 0.943 bits per heavy atom. The van der Waals surface area contributed by atoms with Crippen LogP contribution in [0.2, 0.25) is 0 Å². The molecular formula is C28H40N4O2S. The van der Waals surface area contributed by atoms with Crippen molar-refractivity contribution in [2.75, 3.05) is 5.75 Å². The predicted molar refractivity (Wildman–Crippen MR) is 140 cm³/mol. The minimum absolute atomic E-state index is 0.281. The zero-order valence-electron chi connectivity index (χ0n) is 21.2. The molecule has 3 aliphatic rings. The summed E-state index contributed by atoms with van der Waals surface area (Å²) in [6.07, 6.45) is 17.2. The summed E-state index contributed by atoms with van der Waals surface area (Å²) in [6, 6.07) is 7.32. The van der Waals surface area contributed by atoms with Gasteiger partial charge in [0, 0.05) is 19.1 Å². The lowest BCUT2D eigenvalue weighted by Crippen LogP contribution is -2.49. The van der Waals surface area contributed by atoms with Gasteiger partial charge in [0.25, 0.3) is 0 Å². The van der Waals surface area contributed by atoms with Crippen molar-refractivity contribution in [3.05, 3.63) is 35.2 Å². The lowest BCUT2D eigenvalue weighted by Gasteiger charge is -2.41. The van der Waals surface area contributed by atoms with Gasteiger partial charge in [-0.1, -0.05) is 56.4 Å². The van der Waals surface area contributed by atoms with E-state index < -0.39 is 0 Å². The van der Waals surface area contributed by atoms with E-state index in [4.69, 9.17) is 4.74 Å². The molecule has 3 aliphatic carbocycles. The number of hydrogen-bond acceptors (Lipinski definition) is 5. The van der Waals surface area contributed by atoms with Gasteiger partial charge in [0.05, 0.1) is 5.75 Å². The minimum Gasteiger partial charge on any atom is -0.486 e. The van der Waals surface area contributed by atoms with Gasteiger partial charge in [-0.2, -0.15) is 0 Å². The highest BCUT2D eigenvalue weighted by Crippen LogP contribution is 2.31. The largest absolute Gasteiger partial charge is 0.486 e. The van der Waals surface area contributed by atoms with Crippen LogP contribution >= 0.6 is 11.8 Å². The number of aromatic nitrogens is 3. The van der Waals surface area contributed by atoms with Gasteiger partial charge in [-0.05, 0) is 74.6 Å². The van der Waals surface area contributed by atoms with Crippen LogP contribution < -0.4 is 4.74 Å².